The highest BCUT2D eigenvalue weighted by Gasteiger charge is 2.12. The highest BCUT2D eigenvalue weighted by molar-refractivity contribution is 7.11. The second-order valence-corrected chi connectivity index (χ2v) is 5.22. The van der Waals surface area contributed by atoms with E-state index in [1.54, 1.807) is 29.0 Å². The molecule has 3 rings (SSSR count). The molecular formula is C15H12N2OS. The van der Waals surface area contributed by atoms with Gasteiger partial charge in [0.2, 0.25) is 0 Å². The van der Waals surface area contributed by atoms with E-state index in [2.05, 4.69) is 11.6 Å². The molecule has 0 amide bonds. The summed E-state index contributed by atoms with van der Waals surface area (Å²) in [6.07, 6.45) is 0. The van der Waals surface area contributed by atoms with Crippen LogP contribution in [-0.2, 0) is 7.05 Å². The lowest BCUT2D eigenvalue weighted by molar-refractivity contribution is 0.823. The maximum atomic E-state index is 12.3. The van der Waals surface area contributed by atoms with E-state index in [0.29, 0.717) is 16.7 Å². The van der Waals surface area contributed by atoms with E-state index in [4.69, 9.17) is 0 Å². The number of rotatable bonds is 2. The number of benzene rings is 1. The standard InChI is InChI=1S/C15H12N2OS/c1-10(13-8-5-9-19-13)14-16-12-7-4-3-6-11(12)15(18)17(14)2/h3-9H,1H2,2H3. The average Bonchev–Trinajstić information content (AvgIpc) is 2.96. The predicted molar refractivity (Wildman–Crippen MR) is 79.4 cm³/mol. The number of fused-ring (bicyclic) bond motifs is 1. The molecule has 2 aromatic heterocycles. The lowest BCUT2D eigenvalue weighted by Crippen LogP contribution is -2.21. The third-order valence-corrected chi connectivity index (χ3v) is 4.00. The molecule has 0 spiro atoms. The Hall–Kier alpha value is -2.20. The van der Waals surface area contributed by atoms with Crippen LogP contribution < -0.4 is 5.56 Å². The molecule has 94 valence electrons. The number of aromatic nitrogens is 2. The third-order valence-electron chi connectivity index (χ3n) is 3.07. The maximum absolute atomic E-state index is 12.3. The molecule has 0 aliphatic heterocycles. The van der Waals surface area contributed by atoms with E-state index in [9.17, 15) is 4.79 Å². The van der Waals surface area contributed by atoms with Crippen molar-refractivity contribution in [3.05, 3.63) is 69.4 Å². The van der Waals surface area contributed by atoms with Gasteiger partial charge < -0.3 is 0 Å². The van der Waals surface area contributed by atoms with Crippen molar-refractivity contribution in [2.75, 3.05) is 0 Å². The van der Waals surface area contributed by atoms with Gasteiger partial charge >= 0.3 is 0 Å². The lowest BCUT2D eigenvalue weighted by atomic mass is 10.2. The molecule has 0 aliphatic rings. The fourth-order valence-electron chi connectivity index (χ4n) is 2.05. The van der Waals surface area contributed by atoms with E-state index in [1.807, 2.05) is 35.7 Å². The summed E-state index contributed by atoms with van der Waals surface area (Å²) in [7, 11) is 1.73. The van der Waals surface area contributed by atoms with Gasteiger partial charge in [-0.25, -0.2) is 4.98 Å². The van der Waals surface area contributed by atoms with Gasteiger partial charge in [-0.1, -0.05) is 24.8 Å². The third kappa shape index (κ3) is 1.90. The fraction of sp³-hybridized carbons (Fsp3) is 0.0667. The van der Waals surface area contributed by atoms with Crippen molar-refractivity contribution in [1.29, 1.82) is 0 Å². The molecule has 19 heavy (non-hydrogen) atoms. The molecule has 0 bridgehead atoms. The van der Waals surface area contributed by atoms with Gasteiger partial charge in [0, 0.05) is 17.5 Å². The number of thiophene rings is 1. The molecule has 0 saturated heterocycles. The summed E-state index contributed by atoms with van der Waals surface area (Å²) in [5.74, 6) is 0.617. The molecule has 0 unspecified atom stereocenters. The first kappa shape index (κ1) is 11.9. The van der Waals surface area contributed by atoms with Gasteiger partial charge in [-0.3, -0.25) is 9.36 Å². The van der Waals surface area contributed by atoms with Gasteiger partial charge in [-0.2, -0.15) is 0 Å². The number of nitrogens with zero attached hydrogens (tertiary/aromatic N) is 2. The van der Waals surface area contributed by atoms with Crippen LogP contribution in [0.1, 0.15) is 10.7 Å². The molecule has 4 heteroatoms. The molecule has 1 aromatic carbocycles. The minimum absolute atomic E-state index is 0.0432. The summed E-state index contributed by atoms with van der Waals surface area (Å²) in [6, 6.07) is 11.3. The van der Waals surface area contributed by atoms with Crippen molar-refractivity contribution in [1.82, 2.24) is 9.55 Å². The van der Waals surface area contributed by atoms with Crippen molar-refractivity contribution >= 4 is 27.8 Å². The van der Waals surface area contributed by atoms with Crippen LogP contribution in [0.4, 0.5) is 0 Å². The molecule has 2 heterocycles. The Balaban J connectivity index is 2.28. The van der Waals surface area contributed by atoms with E-state index in [0.717, 1.165) is 10.5 Å². The van der Waals surface area contributed by atoms with Crippen LogP contribution in [0, 0.1) is 0 Å². The van der Waals surface area contributed by atoms with Crippen LogP contribution >= 0.6 is 11.3 Å². The summed E-state index contributed by atoms with van der Waals surface area (Å²) in [5.41, 5.74) is 1.44. The zero-order valence-corrected chi connectivity index (χ0v) is 11.3. The number of para-hydroxylation sites is 1. The Kier molecular flexibility index (Phi) is 2.80. The van der Waals surface area contributed by atoms with E-state index < -0.39 is 0 Å². The van der Waals surface area contributed by atoms with Gasteiger partial charge in [0.05, 0.1) is 10.9 Å². The van der Waals surface area contributed by atoms with Crippen molar-refractivity contribution in [2.45, 2.75) is 0 Å². The minimum Gasteiger partial charge on any atom is -0.295 e. The van der Waals surface area contributed by atoms with Crippen LogP contribution in [-0.4, -0.2) is 9.55 Å². The summed E-state index contributed by atoms with van der Waals surface area (Å²) in [5, 5.41) is 2.62. The van der Waals surface area contributed by atoms with Crippen LogP contribution in [0.25, 0.3) is 16.5 Å². The second kappa shape index (κ2) is 4.48. The number of hydrogen-bond acceptors (Lipinski definition) is 3. The van der Waals surface area contributed by atoms with Crippen LogP contribution in [0.2, 0.25) is 0 Å². The lowest BCUT2D eigenvalue weighted by Gasteiger charge is -2.10. The summed E-state index contributed by atoms with van der Waals surface area (Å²) < 4.78 is 1.56. The van der Waals surface area contributed by atoms with Crippen molar-refractivity contribution < 1.29 is 0 Å². The summed E-state index contributed by atoms with van der Waals surface area (Å²) in [4.78, 5) is 17.9. The molecule has 3 aromatic rings. The normalized spacial score (nSPS) is 10.8. The monoisotopic (exact) mass is 268 g/mol. The Morgan fingerprint density at radius 2 is 2.05 bits per heavy atom. The molecule has 0 atom stereocenters. The molecule has 0 saturated carbocycles. The topological polar surface area (TPSA) is 34.9 Å². The average molecular weight is 268 g/mol. The first-order valence-corrected chi connectivity index (χ1v) is 6.75. The maximum Gasteiger partial charge on any atom is 0.261 e. The predicted octanol–water partition coefficient (Wildman–Crippen LogP) is 3.06. The Morgan fingerprint density at radius 1 is 1.26 bits per heavy atom. The highest BCUT2D eigenvalue weighted by Crippen LogP contribution is 2.24. The molecule has 3 nitrogen and oxygen atoms in total. The molecule has 0 radical (unpaired) electrons. The number of hydrogen-bond donors (Lipinski definition) is 0. The molecule has 0 aliphatic carbocycles. The Labute approximate surface area is 114 Å². The van der Waals surface area contributed by atoms with Crippen molar-refractivity contribution in [2.24, 2.45) is 7.05 Å². The molecule has 0 fully saturated rings. The zero-order valence-electron chi connectivity index (χ0n) is 10.5. The van der Waals surface area contributed by atoms with Gasteiger partial charge in [-0.15, -0.1) is 11.3 Å². The van der Waals surface area contributed by atoms with Gasteiger partial charge in [-0.05, 0) is 23.6 Å². The quantitative estimate of drug-likeness (QED) is 0.716. The SMILES string of the molecule is C=C(c1cccs1)c1nc2ccccc2c(=O)n1C. The van der Waals surface area contributed by atoms with E-state index >= 15 is 0 Å². The van der Waals surface area contributed by atoms with E-state index in [1.165, 1.54) is 0 Å². The van der Waals surface area contributed by atoms with Gasteiger partial charge in [0.25, 0.3) is 5.56 Å². The highest BCUT2D eigenvalue weighted by atomic mass is 32.1. The zero-order chi connectivity index (χ0) is 13.4. The summed E-state index contributed by atoms with van der Waals surface area (Å²) >= 11 is 1.59. The summed E-state index contributed by atoms with van der Waals surface area (Å²) in [6.45, 7) is 4.06. The first-order chi connectivity index (χ1) is 9.18. The Morgan fingerprint density at radius 3 is 2.79 bits per heavy atom. The van der Waals surface area contributed by atoms with Gasteiger partial charge in [0.1, 0.15) is 5.82 Å². The fourth-order valence-corrected chi connectivity index (χ4v) is 2.74. The van der Waals surface area contributed by atoms with E-state index in [-0.39, 0.29) is 5.56 Å². The first-order valence-electron chi connectivity index (χ1n) is 5.87. The Bertz CT molecular complexity index is 816. The minimum atomic E-state index is -0.0432. The smallest absolute Gasteiger partial charge is 0.261 e. The van der Waals surface area contributed by atoms with Gasteiger partial charge in [0.15, 0.2) is 0 Å². The van der Waals surface area contributed by atoms with Crippen LogP contribution in [0.3, 0.4) is 0 Å². The molecular weight excluding hydrogens is 256 g/mol. The van der Waals surface area contributed by atoms with Crippen LogP contribution in [0.5, 0.6) is 0 Å². The molecule has 0 N–H and O–H groups in total. The largest absolute Gasteiger partial charge is 0.295 e. The van der Waals surface area contributed by atoms with Crippen molar-refractivity contribution in [3.8, 4) is 0 Å². The van der Waals surface area contributed by atoms with Crippen LogP contribution in [0.15, 0.2) is 53.2 Å². The van der Waals surface area contributed by atoms with Crippen molar-refractivity contribution in [3.63, 3.8) is 0 Å². The second-order valence-electron chi connectivity index (χ2n) is 4.27.